The third-order valence-electron chi connectivity index (χ3n) is 4.78. The Kier molecular flexibility index (Phi) is 5.66. The predicted molar refractivity (Wildman–Crippen MR) is 96.9 cm³/mol. The summed E-state index contributed by atoms with van der Waals surface area (Å²) in [5, 5.41) is 12.4. The van der Waals surface area contributed by atoms with Crippen molar-refractivity contribution in [3.8, 4) is 0 Å². The van der Waals surface area contributed by atoms with E-state index >= 15 is 0 Å². The molecule has 0 fully saturated rings. The van der Waals surface area contributed by atoms with Gasteiger partial charge in [-0.1, -0.05) is 31.2 Å². The lowest BCUT2D eigenvalue weighted by Crippen LogP contribution is -2.42. The number of benzene rings is 1. The van der Waals surface area contributed by atoms with E-state index in [1.807, 2.05) is 24.3 Å². The van der Waals surface area contributed by atoms with Crippen molar-refractivity contribution in [2.24, 2.45) is 5.92 Å². The number of pyridine rings is 1. The van der Waals surface area contributed by atoms with Crippen LogP contribution in [-0.4, -0.2) is 34.2 Å². The Balaban J connectivity index is 1.71. The Hall–Kier alpha value is -2.40. The average molecular weight is 339 g/mol. The van der Waals surface area contributed by atoms with Gasteiger partial charge in [0.2, 0.25) is 0 Å². The number of rotatable bonds is 6. The molecule has 2 N–H and O–H groups in total. The van der Waals surface area contributed by atoms with Crippen molar-refractivity contribution in [3.63, 3.8) is 0 Å². The molecule has 25 heavy (non-hydrogen) atoms. The number of aliphatic hydroxyl groups excluding tert-OH is 1. The van der Waals surface area contributed by atoms with Gasteiger partial charge in [0.1, 0.15) is 0 Å². The molecule has 5 heteroatoms. The van der Waals surface area contributed by atoms with Crippen molar-refractivity contribution >= 4 is 6.03 Å². The Labute approximate surface area is 148 Å². The van der Waals surface area contributed by atoms with E-state index in [1.54, 1.807) is 17.3 Å². The number of carbonyl (C=O) groups excluding carboxylic acids is 1. The number of urea groups is 1. The molecule has 1 aliphatic rings. The first-order valence-electron chi connectivity index (χ1n) is 8.82. The fraction of sp³-hybridized carbons (Fsp3) is 0.400. The molecule has 3 rings (SSSR count). The lowest BCUT2D eigenvalue weighted by atomic mass is 10.0. The van der Waals surface area contributed by atoms with Crippen molar-refractivity contribution in [2.75, 3.05) is 13.2 Å². The molecule has 0 saturated heterocycles. The minimum atomic E-state index is -0.0844. The number of amides is 2. The van der Waals surface area contributed by atoms with Gasteiger partial charge in [-0.05, 0) is 47.6 Å². The van der Waals surface area contributed by atoms with Crippen LogP contribution in [0.1, 0.15) is 36.1 Å². The number of nitrogens with zero attached hydrogens (tertiary/aromatic N) is 2. The van der Waals surface area contributed by atoms with Gasteiger partial charge in [0, 0.05) is 32.1 Å². The highest BCUT2D eigenvalue weighted by Gasteiger charge is 2.31. The van der Waals surface area contributed by atoms with E-state index in [4.69, 9.17) is 5.11 Å². The molecule has 2 aromatic rings. The molecule has 1 heterocycles. The van der Waals surface area contributed by atoms with Crippen molar-refractivity contribution in [1.29, 1.82) is 0 Å². The first kappa shape index (κ1) is 17.4. The smallest absolute Gasteiger partial charge is 0.318 e. The molecule has 1 aromatic heterocycles. The number of hydrogen-bond acceptors (Lipinski definition) is 3. The van der Waals surface area contributed by atoms with E-state index < -0.39 is 0 Å². The Morgan fingerprint density at radius 1 is 1.28 bits per heavy atom. The number of aromatic nitrogens is 1. The molecule has 0 spiro atoms. The Bertz CT molecular complexity index is 705. The maximum atomic E-state index is 12.9. The van der Waals surface area contributed by atoms with Gasteiger partial charge in [0.15, 0.2) is 0 Å². The number of nitrogens with one attached hydrogen (secondary N) is 1. The molecule has 0 bridgehead atoms. The second-order valence-corrected chi connectivity index (χ2v) is 6.66. The summed E-state index contributed by atoms with van der Waals surface area (Å²) in [6, 6.07) is 12.1. The van der Waals surface area contributed by atoms with Crippen LogP contribution in [0.25, 0.3) is 0 Å². The van der Waals surface area contributed by atoms with E-state index in [9.17, 15) is 4.79 Å². The number of hydrogen-bond donors (Lipinski definition) is 2. The molecule has 1 aromatic carbocycles. The molecule has 0 saturated carbocycles. The van der Waals surface area contributed by atoms with E-state index in [-0.39, 0.29) is 18.7 Å². The van der Waals surface area contributed by atoms with Gasteiger partial charge in [-0.2, -0.15) is 0 Å². The maximum absolute atomic E-state index is 12.9. The van der Waals surface area contributed by atoms with Crippen LogP contribution < -0.4 is 5.32 Å². The van der Waals surface area contributed by atoms with Crippen molar-refractivity contribution in [3.05, 3.63) is 65.5 Å². The summed E-state index contributed by atoms with van der Waals surface area (Å²) in [6.45, 7) is 3.28. The average Bonchev–Trinajstić information content (AvgIpc) is 2.95. The predicted octanol–water partition coefficient (Wildman–Crippen LogP) is 2.91. The zero-order chi connectivity index (χ0) is 17.6. The Morgan fingerprint density at radius 2 is 2.04 bits per heavy atom. The standard InChI is InChI=1S/C20H25N3O2/c1-15-13-17-5-2-3-6-18(17)19(15)22-20(25)23(11-4-12-24)14-16-7-9-21-10-8-16/h2-3,5-10,15,19,24H,4,11-14H2,1H3,(H,22,25)/t15-,19+/m1/s1. The van der Waals surface area contributed by atoms with Gasteiger partial charge in [-0.15, -0.1) is 0 Å². The zero-order valence-corrected chi connectivity index (χ0v) is 14.6. The molecule has 0 aliphatic heterocycles. The van der Waals surface area contributed by atoms with E-state index in [0.717, 1.165) is 12.0 Å². The summed E-state index contributed by atoms with van der Waals surface area (Å²) in [4.78, 5) is 18.7. The second-order valence-electron chi connectivity index (χ2n) is 6.66. The van der Waals surface area contributed by atoms with Crippen LogP contribution in [0.4, 0.5) is 4.79 Å². The fourth-order valence-corrected chi connectivity index (χ4v) is 3.46. The van der Waals surface area contributed by atoms with Gasteiger partial charge in [0.05, 0.1) is 6.04 Å². The first-order chi connectivity index (χ1) is 12.2. The van der Waals surface area contributed by atoms with Crippen LogP contribution in [0.3, 0.4) is 0 Å². The molecule has 0 radical (unpaired) electrons. The summed E-state index contributed by atoms with van der Waals surface area (Å²) in [5.74, 6) is 0.377. The highest BCUT2D eigenvalue weighted by Crippen LogP contribution is 2.35. The topological polar surface area (TPSA) is 65.5 Å². The van der Waals surface area contributed by atoms with Gasteiger partial charge in [-0.25, -0.2) is 4.79 Å². The van der Waals surface area contributed by atoms with Crippen LogP contribution in [-0.2, 0) is 13.0 Å². The number of fused-ring (bicyclic) bond motifs is 1. The second kappa shape index (κ2) is 8.12. The van der Waals surface area contributed by atoms with Crippen molar-refractivity contribution < 1.29 is 9.90 Å². The first-order valence-corrected chi connectivity index (χ1v) is 8.82. The molecule has 2 atom stereocenters. The van der Waals surface area contributed by atoms with Crippen LogP contribution >= 0.6 is 0 Å². The van der Waals surface area contributed by atoms with E-state index in [2.05, 4.69) is 29.4 Å². The summed E-state index contributed by atoms with van der Waals surface area (Å²) in [6.07, 6.45) is 5.01. The third kappa shape index (κ3) is 4.17. The Morgan fingerprint density at radius 3 is 2.80 bits per heavy atom. The fourth-order valence-electron chi connectivity index (χ4n) is 3.46. The minimum Gasteiger partial charge on any atom is -0.396 e. The molecule has 5 nitrogen and oxygen atoms in total. The quantitative estimate of drug-likeness (QED) is 0.850. The van der Waals surface area contributed by atoms with Crippen LogP contribution in [0.15, 0.2) is 48.8 Å². The van der Waals surface area contributed by atoms with Gasteiger partial charge in [0.25, 0.3) is 0 Å². The highest BCUT2D eigenvalue weighted by molar-refractivity contribution is 5.75. The number of carbonyl (C=O) groups is 1. The minimum absolute atomic E-state index is 0.0396. The monoisotopic (exact) mass is 339 g/mol. The van der Waals surface area contributed by atoms with E-state index in [1.165, 1.54) is 11.1 Å². The van der Waals surface area contributed by atoms with Gasteiger partial charge in [-0.3, -0.25) is 4.98 Å². The zero-order valence-electron chi connectivity index (χ0n) is 14.6. The van der Waals surface area contributed by atoms with Crippen molar-refractivity contribution in [2.45, 2.75) is 32.4 Å². The van der Waals surface area contributed by atoms with Crippen LogP contribution in [0, 0.1) is 5.92 Å². The number of aliphatic hydroxyl groups is 1. The summed E-state index contributed by atoms with van der Waals surface area (Å²) < 4.78 is 0. The summed E-state index contributed by atoms with van der Waals surface area (Å²) in [5.41, 5.74) is 3.56. The third-order valence-corrected chi connectivity index (χ3v) is 4.78. The summed E-state index contributed by atoms with van der Waals surface area (Å²) >= 11 is 0. The molecule has 132 valence electrons. The van der Waals surface area contributed by atoms with Crippen LogP contribution in [0.5, 0.6) is 0 Å². The van der Waals surface area contributed by atoms with Crippen LogP contribution in [0.2, 0.25) is 0 Å². The van der Waals surface area contributed by atoms with Gasteiger partial charge >= 0.3 is 6.03 Å². The molecule has 1 aliphatic carbocycles. The molecule has 2 amide bonds. The molecular formula is C20H25N3O2. The molecular weight excluding hydrogens is 314 g/mol. The van der Waals surface area contributed by atoms with E-state index in [0.29, 0.717) is 25.4 Å². The normalized spacial score (nSPS) is 18.6. The maximum Gasteiger partial charge on any atom is 0.318 e. The van der Waals surface area contributed by atoms with Crippen molar-refractivity contribution in [1.82, 2.24) is 15.2 Å². The SMILES string of the molecule is C[C@@H]1Cc2ccccc2[C@H]1NC(=O)N(CCCO)Cc1ccncc1. The van der Waals surface area contributed by atoms with Gasteiger partial charge < -0.3 is 15.3 Å². The highest BCUT2D eigenvalue weighted by atomic mass is 16.3. The lowest BCUT2D eigenvalue weighted by molar-refractivity contribution is 0.180. The summed E-state index contributed by atoms with van der Waals surface area (Å²) in [7, 11) is 0. The largest absolute Gasteiger partial charge is 0.396 e. The lowest BCUT2D eigenvalue weighted by Gasteiger charge is -2.27. The molecule has 0 unspecified atom stereocenters.